The minimum atomic E-state index is -1.09. The van der Waals surface area contributed by atoms with E-state index in [1.165, 1.54) is 18.2 Å². The molecule has 1 unspecified atom stereocenters. The Labute approximate surface area is 112 Å². The van der Waals surface area contributed by atoms with Crippen molar-refractivity contribution >= 4 is 28.1 Å². The molecule has 1 saturated heterocycles. The fourth-order valence-corrected chi connectivity index (χ4v) is 3.46. The lowest BCUT2D eigenvalue weighted by molar-refractivity contribution is -0.385. The van der Waals surface area contributed by atoms with Gasteiger partial charge in [-0.25, -0.2) is 0 Å². The predicted molar refractivity (Wildman–Crippen MR) is 71.2 cm³/mol. The summed E-state index contributed by atoms with van der Waals surface area (Å²) in [7, 11) is -1.09. The maximum atomic E-state index is 11.9. The van der Waals surface area contributed by atoms with Gasteiger partial charge in [0, 0.05) is 46.3 Å². The summed E-state index contributed by atoms with van der Waals surface area (Å²) in [6.45, 7) is 1.76. The molecular formula is C11H13ClN2O3S. The second kappa shape index (κ2) is 5.77. The fraction of sp³-hybridized carbons (Fsp3) is 0.455. The Kier molecular flexibility index (Phi) is 4.31. The smallest absolute Gasteiger partial charge is 0.273 e. The van der Waals surface area contributed by atoms with Gasteiger partial charge in [0.05, 0.1) is 10.7 Å². The Morgan fingerprint density at radius 3 is 2.78 bits per heavy atom. The van der Waals surface area contributed by atoms with Crippen LogP contribution in [-0.4, -0.2) is 28.0 Å². The van der Waals surface area contributed by atoms with E-state index in [0.29, 0.717) is 22.3 Å². The summed E-state index contributed by atoms with van der Waals surface area (Å²) in [6, 6.07) is 4.36. The summed E-state index contributed by atoms with van der Waals surface area (Å²) in [6.07, 6.45) is 0. The van der Waals surface area contributed by atoms with Gasteiger partial charge in [-0.2, -0.15) is 0 Å². The molecule has 1 aromatic carbocycles. The number of hydrogen-bond acceptors (Lipinski definition) is 4. The SMILES string of the molecule is O=[N+]([O-])c1ccc(Cl)cc1CS(=O)CC1CNC1. The molecule has 0 amide bonds. The Morgan fingerprint density at radius 1 is 1.50 bits per heavy atom. The Hall–Kier alpha value is -0.980. The summed E-state index contributed by atoms with van der Waals surface area (Å²) in [4.78, 5) is 10.4. The largest absolute Gasteiger partial charge is 0.316 e. The van der Waals surface area contributed by atoms with E-state index in [0.717, 1.165) is 13.1 Å². The van der Waals surface area contributed by atoms with E-state index in [1.54, 1.807) is 0 Å². The topological polar surface area (TPSA) is 72.2 Å². The normalized spacial score (nSPS) is 17.2. The molecule has 7 heteroatoms. The minimum Gasteiger partial charge on any atom is -0.316 e. The molecule has 1 heterocycles. The summed E-state index contributed by atoms with van der Waals surface area (Å²) in [5, 5.41) is 14.4. The molecule has 1 atom stereocenters. The van der Waals surface area contributed by atoms with Gasteiger partial charge in [-0.3, -0.25) is 14.3 Å². The van der Waals surface area contributed by atoms with Crippen LogP contribution in [0.25, 0.3) is 0 Å². The monoisotopic (exact) mass is 288 g/mol. The van der Waals surface area contributed by atoms with E-state index in [2.05, 4.69) is 5.32 Å². The van der Waals surface area contributed by atoms with Crippen molar-refractivity contribution in [1.29, 1.82) is 0 Å². The van der Waals surface area contributed by atoms with Crippen molar-refractivity contribution in [3.63, 3.8) is 0 Å². The van der Waals surface area contributed by atoms with Crippen LogP contribution in [0.5, 0.6) is 0 Å². The van der Waals surface area contributed by atoms with Crippen molar-refractivity contribution in [2.45, 2.75) is 5.75 Å². The molecule has 1 aromatic rings. The van der Waals surface area contributed by atoms with Crippen molar-refractivity contribution in [2.24, 2.45) is 5.92 Å². The molecule has 2 rings (SSSR count). The van der Waals surface area contributed by atoms with E-state index < -0.39 is 15.7 Å². The summed E-state index contributed by atoms with van der Waals surface area (Å²) >= 11 is 5.82. The average Bonchev–Trinajstić information content (AvgIpc) is 2.23. The zero-order chi connectivity index (χ0) is 13.1. The molecule has 0 spiro atoms. The van der Waals surface area contributed by atoms with Crippen molar-refractivity contribution in [2.75, 3.05) is 18.8 Å². The first kappa shape index (κ1) is 13.5. The molecule has 0 bridgehead atoms. The highest BCUT2D eigenvalue weighted by molar-refractivity contribution is 7.84. The van der Waals surface area contributed by atoms with Crippen molar-refractivity contribution in [3.05, 3.63) is 38.9 Å². The molecule has 1 aliphatic heterocycles. The minimum absolute atomic E-state index is 0.0144. The number of benzene rings is 1. The summed E-state index contributed by atoms with van der Waals surface area (Å²) < 4.78 is 11.9. The van der Waals surface area contributed by atoms with E-state index in [1.807, 2.05) is 0 Å². The number of halogens is 1. The maximum Gasteiger partial charge on any atom is 0.273 e. The summed E-state index contributed by atoms with van der Waals surface area (Å²) in [5.74, 6) is 1.19. The van der Waals surface area contributed by atoms with E-state index in [4.69, 9.17) is 11.6 Å². The van der Waals surface area contributed by atoms with Gasteiger partial charge in [0.25, 0.3) is 5.69 Å². The fourth-order valence-electron chi connectivity index (χ4n) is 1.81. The van der Waals surface area contributed by atoms with Gasteiger partial charge in [-0.05, 0) is 18.1 Å². The lowest BCUT2D eigenvalue weighted by Gasteiger charge is -2.26. The molecule has 1 fully saturated rings. The first-order chi connectivity index (χ1) is 8.56. The standard InChI is InChI=1S/C11H13ClN2O3S/c12-10-1-2-11(14(15)16)9(3-10)7-18(17)6-8-4-13-5-8/h1-3,8,13H,4-7H2. The second-order valence-electron chi connectivity index (χ2n) is 4.31. The molecule has 0 radical (unpaired) electrons. The van der Waals surface area contributed by atoms with Crippen LogP contribution in [0, 0.1) is 16.0 Å². The number of nitro groups is 1. The van der Waals surface area contributed by atoms with Crippen LogP contribution in [0.15, 0.2) is 18.2 Å². The number of nitrogens with one attached hydrogen (secondary N) is 1. The summed E-state index contributed by atoms with van der Waals surface area (Å²) in [5.41, 5.74) is 0.428. The number of hydrogen-bond donors (Lipinski definition) is 1. The highest BCUT2D eigenvalue weighted by atomic mass is 35.5. The molecule has 98 valence electrons. The number of nitro benzene ring substituents is 1. The third-order valence-electron chi connectivity index (χ3n) is 2.84. The van der Waals surface area contributed by atoms with Gasteiger partial charge >= 0.3 is 0 Å². The third-order valence-corrected chi connectivity index (χ3v) is 4.55. The lowest BCUT2D eigenvalue weighted by Crippen LogP contribution is -2.44. The van der Waals surface area contributed by atoms with Gasteiger partial charge < -0.3 is 5.32 Å². The molecule has 5 nitrogen and oxygen atoms in total. The van der Waals surface area contributed by atoms with Crippen LogP contribution in [0.1, 0.15) is 5.56 Å². The second-order valence-corrected chi connectivity index (χ2v) is 6.24. The van der Waals surface area contributed by atoms with Gasteiger partial charge in [0.15, 0.2) is 0 Å². The zero-order valence-electron chi connectivity index (χ0n) is 9.60. The quantitative estimate of drug-likeness (QED) is 0.661. The molecule has 0 saturated carbocycles. The molecule has 18 heavy (non-hydrogen) atoms. The number of nitrogens with zero attached hydrogens (tertiary/aromatic N) is 1. The van der Waals surface area contributed by atoms with Crippen LogP contribution in [-0.2, 0) is 16.6 Å². The first-order valence-electron chi connectivity index (χ1n) is 5.55. The van der Waals surface area contributed by atoms with Gasteiger partial charge in [0.1, 0.15) is 0 Å². The van der Waals surface area contributed by atoms with Crippen LogP contribution < -0.4 is 5.32 Å². The van der Waals surface area contributed by atoms with E-state index in [-0.39, 0.29) is 11.4 Å². The van der Waals surface area contributed by atoms with E-state index >= 15 is 0 Å². The molecule has 0 aromatic heterocycles. The Morgan fingerprint density at radius 2 is 2.22 bits per heavy atom. The average molecular weight is 289 g/mol. The highest BCUT2D eigenvalue weighted by Gasteiger charge is 2.22. The molecule has 1 aliphatic rings. The first-order valence-corrected chi connectivity index (χ1v) is 7.41. The molecule has 0 aliphatic carbocycles. The van der Waals surface area contributed by atoms with Gasteiger partial charge in [0.2, 0.25) is 0 Å². The predicted octanol–water partition coefficient (Wildman–Crippen LogP) is 1.72. The maximum absolute atomic E-state index is 11.9. The molecule has 1 N–H and O–H groups in total. The third kappa shape index (κ3) is 3.28. The zero-order valence-corrected chi connectivity index (χ0v) is 11.2. The van der Waals surface area contributed by atoms with Crippen molar-refractivity contribution in [3.8, 4) is 0 Å². The van der Waals surface area contributed by atoms with Crippen molar-refractivity contribution in [1.82, 2.24) is 5.32 Å². The van der Waals surface area contributed by atoms with Crippen LogP contribution >= 0.6 is 11.6 Å². The molecular weight excluding hydrogens is 276 g/mol. The highest BCUT2D eigenvalue weighted by Crippen LogP contribution is 2.24. The van der Waals surface area contributed by atoms with Gasteiger partial charge in [-0.15, -0.1) is 0 Å². The van der Waals surface area contributed by atoms with Crippen LogP contribution in [0.2, 0.25) is 5.02 Å². The van der Waals surface area contributed by atoms with Gasteiger partial charge in [-0.1, -0.05) is 11.6 Å². The van der Waals surface area contributed by atoms with Crippen LogP contribution in [0.4, 0.5) is 5.69 Å². The number of rotatable bonds is 5. The van der Waals surface area contributed by atoms with Crippen LogP contribution in [0.3, 0.4) is 0 Å². The lowest BCUT2D eigenvalue weighted by atomic mass is 10.1. The Bertz CT molecular complexity index is 491. The Balaban J connectivity index is 2.08. The van der Waals surface area contributed by atoms with E-state index in [9.17, 15) is 14.3 Å². The van der Waals surface area contributed by atoms with Crippen molar-refractivity contribution < 1.29 is 9.13 Å².